The number of anilines is 2. The van der Waals surface area contributed by atoms with Gasteiger partial charge in [-0.15, -0.1) is 0 Å². The van der Waals surface area contributed by atoms with E-state index in [1.54, 1.807) is 32.0 Å². The molecule has 2 amide bonds. The molecular formula is C27H33N4NaO7S2. The molecule has 0 aliphatic carbocycles. The number of carboxylic acid groups (broad SMARTS) is 1. The van der Waals surface area contributed by atoms with E-state index in [2.05, 4.69) is 20.6 Å². The number of hydrogen-bond acceptors (Lipinski definition) is 10. The number of ether oxygens (including phenoxy) is 1. The quantitative estimate of drug-likeness (QED) is 0.209. The summed E-state index contributed by atoms with van der Waals surface area (Å²) in [6.07, 6.45) is 0. The molecule has 216 valence electrons. The summed E-state index contributed by atoms with van der Waals surface area (Å²) in [5.74, 6) is -2.29. The van der Waals surface area contributed by atoms with E-state index in [1.807, 2.05) is 25.1 Å². The maximum atomic E-state index is 11.7. The minimum Gasteiger partial charge on any atom is -0.870 e. The van der Waals surface area contributed by atoms with E-state index >= 15 is 0 Å². The average molecular weight is 613 g/mol. The molecule has 2 unspecified atom stereocenters. The summed E-state index contributed by atoms with van der Waals surface area (Å²) in [5.41, 5.74) is 3.17. The van der Waals surface area contributed by atoms with E-state index in [1.165, 1.54) is 36.5 Å². The third kappa shape index (κ3) is 10.4. The molecule has 4 rings (SSSR count). The van der Waals surface area contributed by atoms with Crippen LogP contribution in [0.1, 0.15) is 65.0 Å². The van der Waals surface area contributed by atoms with E-state index in [4.69, 9.17) is 9.84 Å². The molecule has 2 heterocycles. The zero-order chi connectivity index (χ0) is 28.0. The normalized spacial score (nSPS) is 11.3. The average Bonchev–Trinajstić information content (AvgIpc) is 3.43. The summed E-state index contributed by atoms with van der Waals surface area (Å²) < 4.78 is 6.82. The number of benzene rings is 2. The molecule has 41 heavy (non-hydrogen) atoms. The molecule has 0 spiro atoms. The molecule has 0 aliphatic heterocycles. The number of carbonyl (C=O) groups excluding carboxylic acids is 3. The number of aliphatic carboxylic acids is 1. The molecule has 0 saturated carbocycles. The maximum absolute atomic E-state index is 11.7. The van der Waals surface area contributed by atoms with E-state index in [0.29, 0.717) is 16.9 Å². The molecular weight excluding hydrogens is 579 g/mol. The first-order chi connectivity index (χ1) is 18.0. The van der Waals surface area contributed by atoms with Crippen LogP contribution in [0.3, 0.4) is 0 Å². The topological polar surface area (TPSA) is 178 Å². The first-order valence-corrected chi connectivity index (χ1v) is 13.4. The molecule has 0 radical (unpaired) electrons. The predicted octanol–water partition coefficient (Wildman–Crippen LogP) is 2.83. The first kappa shape index (κ1) is 38.1. The van der Waals surface area contributed by atoms with Crippen LogP contribution in [-0.2, 0) is 23.9 Å². The van der Waals surface area contributed by atoms with Gasteiger partial charge in [0, 0.05) is 13.8 Å². The Hall–Kier alpha value is -2.94. The summed E-state index contributed by atoms with van der Waals surface area (Å²) in [4.78, 5) is 53.2. The third-order valence-electron chi connectivity index (χ3n) is 5.40. The number of thiazole rings is 2. The summed E-state index contributed by atoms with van der Waals surface area (Å²) in [7, 11) is 0. The van der Waals surface area contributed by atoms with Crippen LogP contribution in [-0.4, -0.2) is 50.9 Å². The molecule has 11 nitrogen and oxygen atoms in total. The summed E-state index contributed by atoms with van der Waals surface area (Å²) in [6, 6.07) is 10.9. The number of carboxylic acids is 1. The number of carbonyl (C=O) groups is 4. The van der Waals surface area contributed by atoms with Crippen LogP contribution in [0.2, 0.25) is 0 Å². The molecule has 0 bridgehead atoms. The largest absolute Gasteiger partial charge is 1.00 e. The molecule has 0 fully saturated rings. The Labute approximate surface area is 268 Å². The molecule has 2 aromatic heterocycles. The third-order valence-corrected chi connectivity index (χ3v) is 7.27. The maximum Gasteiger partial charge on any atom is 1.00 e. The molecule has 2 atom stereocenters. The van der Waals surface area contributed by atoms with Crippen LogP contribution in [0.5, 0.6) is 0 Å². The Morgan fingerprint density at radius 3 is 1.63 bits per heavy atom. The second-order valence-corrected chi connectivity index (χ2v) is 10.4. The minimum absolute atomic E-state index is 0. The van der Waals surface area contributed by atoms with Crippen LogP contribution < -0.4 is 40.2 Å². The van der Waals surface area contributed by atoms with E-state index in [9.17, 15) is 19.2 Å². The molecule has 4 aromatic rings. The molecule has 4 N–H and O–H groups in total. The van der Waals surface area contributed by atoms with Crippen molar-refractivity contribution >= 4 is 77.1 Å². The van der Waals surface area contributed by atoms with Gasteiger partial charge >= 0.3 is 41.5 Å². The predicted molar refractivity (Wildman–Crippen MR) is 158 cm³/mol. The molecule has 0 saturated heterocycles. The molecule has 0 aliphatic rings. The van der Waals surface area contributed by atoms with Crippen LogP contribution in [0.4, 0.5) is 10.3 Å². The summed E-state index contributed by atoms with van der Waals surface area (Å²) in [5, 5.41) is 15.3. The van der Waals surface area contributed by atoms with Crippen LogP contribution >= 0.6 is 22.7 Å². The van der Waals surface area contributed by atoms with Gasteiger partial charge in [-0.25, -0.2) is 9.97 Å². The SMILES string of the molecule is C.CC(=O)Nc1nc2ccc(C(C)C(=O)O)cc2s1.CCOC(=O)C(C)c1ccc2nc(NC(C)=O)sc2c1.[Na+].[OH-]. The van der Waals surface area contributed by atoms with E-state index in [-0.39, 0.29) is 66.2 Å². The fraction of sp³-hybridized carbons (Fsp3) is 0.333. The number of esters is 1. The number of hydrogen-bond donors (Lipinski definition) is 3. The first-order valence-electron chi connectivity index (χ1n) is 11.7. The van der Waals surface area contributed by atoms with Gasteiger partial charge in [-0.1, -0.05) is 42.2 Å². The number of aromatic nitrogens is 2. The number of nitrogens with one attached hydrogen (secondary N) is 2. The Morgan fingerprint density at radius 2 is 1.27 bits per heavy atom. The van der Waals surface area contributed by atoms with Crippen molar-refractivity contribution in [2.45, 2.75) is 53.9 Å². The van der Waals surface area contributed by atoms with E-state index < -0.39 is 11.9 Å². The zero-order valence-corrected chi connectivity index (χ0v) is 26.6. The fourth-order valence-corrected chi connectivity index (χ4v) is 5.30. The van der Waals surface area contributed by atoms with Crippen molar-refractivity contribution in [2.75, 3.05) is 17.2 Å². The molecule has 2 aromatic carbocycles. The number of fused-ring (bicyclic) bond motifs is 2. The second kappa shape index (κ2) is 17.1. The van der Waals surface area contributed by atoms with Crippen molar-refractivity contribution in [3.63, 3.8) is 0 Å². The Balaban J connectivity index is 0.000000730. The zero-order valence-electron chi connectivity index (χ0n) is 23.0. The second-order valence-electron chi connectivity index (χ2n) is 8.39. The van der Waals surface area contributed by atoms with Gasteiger partial charge in [0.05, 0.1) is 38.9 Å². The van der Waals surface area contributed by atoms with Gasteiger partial charge in [0.2, 0.25) is 11.8 Å². The number of nitrogens with zero attached hydrogens (tertiary/aromatic N) is 2. The number of rotatable bonds is 7. The van der Waals surface area contributed by atoms with Crippen molar-refractivity contribution in [1.29, 1.82) is 0 Å². The van der Waals surface area contributed by atoms with Crippen molar-refractivity contribution in [3.8, 4) is 0 Å². The fourth-order valence-electron chi connectivity index (χ4n) is 3.38. The Morgan fingerprint density at radius 1 is 0.854 bits per heavy atom. The monoisotopic (exact) mass is 612 g/mol. The van der Waals surface area contributed by atoms with E-state index in [0.717, 1.165) is 31.6 Å². The van der Waals surface area contributed by atoms with Gasteiger partial charge < -0.3 is 26.0 Å². The van der Waals surface area contributed by atoms with Crippen molar-refractivity contribution in [3.05, 3.63) is 47.5 Å². The van der Waals surface area contributed by atoms with Crippen molar-refractivity contribution in [1.82, 2.24) is 9.97 Å². The summed E-state index contributed by atoms with van der Waals surface area (Å²) in [6.45, 7) is 8.48. The van der Waals surface area contributed by atoms with Gasteiger partial charge in [-0.3, -0.25) is 19.2 Å². The van der Waals surface area contributed by atoms with Crippen LogP contribution in [0, 0.1) is 0 Å². The summed E-state index contributed by atoms with van der Waals surface area (Å²) >= 11 is 2.72. The Bertz CT molecular complexity index is 1510. The minimum atomic E-state index is -0.860. The van der Waals surface area contributed by atoms with Crippen LogP contribution in [0.25, 0.3) is 20.4 Å². The standard InChI is InChI=1S/C14H16N2O3S.C12H12N2O3S.CH4.Na.H2O/c1-4-19-13(18)8(2)10-5-6-11-12(7-10)20-14(16-11)15-9(3)17;1-6(11(16)17)8-3-4-9-10(5-8)18-12(14-9)13-7(2)15;;;/h5-8H,4H2,1-3H3,(H,15,16,17);3-6H,1-2H3,(H,16,17)(H,13,14,15);1H4;;1H2/q;;;+1;/p-1. The Kier molecular flexibility index (Phi) is 15.9. The van der Waals surface area contributed by atoms with Gasteiger partial charge in [-0.05, 0) is 56.2 Å². The number of amides is 2. The van der Waals surface area contributed by atoms with Gasteiger partial charge in [0.15, 0.2) is 10.3 Å². The van der Waals surface area contributed by atoms with Crippen molar-refractivity contribution in [2.24, 2.45) is 0 Å². The molecule has 14 heteroatoms. The smallest absolute Gasteiger partial charge is 0.870 e. The van der Waals surface area contributed by atoms with Crippen LogP contribution in [0.15, 0.2) is 36.4 Å². The van der Waals surface area contributed by atoms with Gasteiger partial charge in [0.25, 0.3) is 0 Å². The van der Waals surface area contributed by atoms with Gasteiger partial charge in [-0.2, -0.15) is 0 Å². The van der Waals surface area contributed by atoms with Crippen molar-refractivity contribution < 1.29 is 64.1 Å². The van der Waals surface area contributed by atoms with Gasteiger partial charge in [0.1, 0.15) is 0 Å².